The van der Waals surface area contributed by atoms with Gasteiger partial charge in [-0.3, -0.25) is 4.79 Å². The van der Waals surface area contributed by atoms with Gasteiger partial charge in [0.25, 0.3) is 0 Å². The fourth-order valence-electron chi connectivity index (χ4n) is 1.73. The minimum Gasteiger partial charge on any atom is -0.326 e. The van der Waals surface area contributed by atoms with Crippen molar-refractivity contribution in [3.8, 4) is 0 Å². The molecule has 2 rings (SSSR count). The summed E-state index contributed by atoms with van der Waals surface area (Å²) in [4.78, 5) is 15.9. The summed E-state index contributed by atoms with van der Waals surface area (Å²) in [6.07, 6.45) is 2.12. The maximum absolute atomic E-state index is 12.0. The van der Waals surface area contributed by atoms with Gasteiger partial charge in [0, 0.05) is 18.1 Å². The van der Waals surface area contributed by atoms with Crippen molar-refractivity contribution < 1.29 is 4.79 Å². The van der Waals surface area contributed by atoms with E-state index in [4.69, 9.17) is 11.5 Å². The molecule has 5 heteroatoms. The van der Waals surface area contributed by atoms with E-state index in [0.29, 0.717) is 18.0 Å². The molecule has 0 aliphatic rings. The van der Waals surface area contributed by atoms with E-state index >= 15 is 0 Å². The average molecular weight is 261 g/mol. The van der Waals surface area contributed by atoms with Crippen LogP contribution in [0.1, 0.15) is 20.9 Å². The minimum absolute atomic E-state index is 0.108. The molecule has 1 heterocycles. The summed E-state index contributed by atoms with van der Waals surface area (Å²) in [5, 5.41) is 2.24. The number of ketones is 1. The lowest BCUT2D eigenvalue weighted by molar-refractivity contribution is 0.0960. The van der Waals surface area contributed by atoms with Crippen molar-refractivity contribution in [1.82, 2.24) is 4.98 Å². The van der Waals surface area contributed by atoms with Crippen LogP contribution in [0.25, 0.3) is 0 Å². The third-order valence-corrected chi connectivity index (χ3v) is 3.45. The highest BCUT2D eigenvalue weighted by Gasteiger charge is 2.18. The number of hydrogen-bond donors (Lipinski definition) is 2. The zero-order valence-electron chi connectivity index (χ0n) is 9.87. The number of Topliss-reactive ketones (excluding diaryl/α,β-unsaturated/α-hetero) is 1. The largest absolute Gasteiger partial charge is 0.326 e. The van der Waals surface area contributed by atoms with Crippen molar-refractivity contribution in [2.45, 2.75) is 19.0 Å². The second-order valence-corrected chi connectivity index (χ2v) is 4.93. The first-order valence-electron chi connectivity index (χ1n) is 5.68. The summed E-state index contributed by atoms with van der Waals surface area (Å²) in [5.41, 5.74) is 13.6. The molecular formula is C13H15N3OS. The van der Waals surface area contributed by atoms with Crippen LogP contribution in [0.3, 0.4) is 0 Å². The van der Waals surface area contributed by atoms with Crippen molar-refractivity contribution in [1.29, 1.82) is 0 Å². The van der Waals surface area contributed by atoms with Crippen LogP contribution in [-0.2, 0) is 13.0 Å². The number of nitrogens with zero attached hydrogens (tertiary/aromatic N) is 1. The normalized spacial score (nSPS) is 12.3. The van der Waals surface area contributed by atoms with Gasteiger partial charge in [0.2, 0.25) is 5.78 Å². The lowest BCUT2D eigenvalue weighted by Gasteiger charge is -2.09. The van der Waals surface area contributed by atoms with Crippen molar-refractivity contribution in [3.05, 3.63) is 52.0 Å². The molecule has 4 nitrogen and oxygen atoms in total. The predicted molar refractivity (Wildman–Crippen MR) is 72.5 cm³/mol. The number of aromatic nitrogens is 1. The number of carbonyl (C=O) groups excluding carboxylic acids is 1. The monoisotopic (exact) mass is 261 g/mol. The molecule has 18 heavy (non-hydrogen) atoms. The maximum atomic E-state index is 12.0. The number of nitrogens with two attached hydrogens (primary N) is 2. The third-order valence-electron chi connectivity index (χ3n) is 2.66. The quantitative estimate of drug-likeness (QED) is 0.796. The van der Waals surface area contributed by atoms with Gasteiger partial charge in [-0.2, -0.15) is 0 Å². The van der Waals surface area contributed by atoms with E-state index in [0.717, 1.165) is 11.1 Å². The first-order valence-corrected chi connectivity index (χ1v) is 6.56. The number of thiazole rings is 1. The van der Waals surface area contributed by atoms with Crippen LogP contribution in [0.5, 0.6) is 0 Å². The van der Waals surface area contributed by atoms with Crippen molar-refractivity contribution in [2.24, 2.45) is 11.5 Å². The van der Waals surface area contributed by atoms with Crippen molar-refractivity contribution in [3.63, 3.8) is 0 Å². The summed E-state index contributed by atoms with van der Waals surface area (Å²) in [6, 6.07) is 7.27. The van der Waals surface area contributed by atoms with Gasteiger partial charge in [-0.25, -0.2) is 4.98 Å². The van der Waals surface area contributed by atoms with Crippen LogP contribution in [0.15, 0.2) is 35.8 Å². The Labute approximate surface area is 110 Å². The zero-order chi connectivity index (χ0) is 13.0. The second-order valence-electron chi connectivity index (χ2n) is 4.04. The van der Waals surface area contributed by atoms with E-state index in [1.165, 1.54) is 11.3 Å². The van der Waals surface area contributed by atoms with E-state index in [9.17, 15) is 4.79 Å². The van der Waals surface area contributed by atoms with Gasteiger partial charge in [-0.05, 0) is 17.5 Å². The molecule has 0 amide bonds. The highest BCUT2D eigenvalue weighted by molar-refractivity contribution is 7.11. The third kappa shape index (κ3) is 3.01. The van der Waals surface area contributed by atoms with E-state index < -0.39 is 6.04 Å². The van der Waals surface area contributed by atoms with Gasteiger partial charge in [-0.1, -0.05) is 24.3 Å². The topological polar surface area (TPSA) is 82.0 Å². The van der Waals surface area contributed by atoms with Gasteiger partial charge in [0.1, 0.15) is 0 Å². The molecule has 0 fully saturated rings. The fraction of sp³-hybridized carbons (Fsp3) is 0.231. The molecule has 0 saturated carbocycles. The van der Waals surface area contributed by atoms with Gasteiger partial charge in [0.15, 0.2) is 5.01 Å². The summed E-state index contributed by atoms with van der Waals surface area (Å²) in [7, 11) is 0. The first kappa shape index (κ1) is 12.9. The predicted octanol–water partition coefficient (Wildman–Crippen LogP) is 1.35. The Hall–Kier alpha value is -1.56. The lowest BCUT2D eigenvalue weighted by atomic mass is 10.0. The molecule has 1 unspecified atom stereocenters. The van der Waals surface area contributed by atoms with E-state index in [-0.39, 0.29) is 5.78 Å². The Balaban J connectivity index is 2.06. The Morgan fingerprint density at radius 1 is 1.39 bits per heavy atom. The molecule has 1 aromatic heterocycles. The standard InChI is InChI=1S/C13H15N3OS/c14-8-10-3-1-2-9(6-10)7-11(15)12(17)13-16-4-5-18-13/h1-6,11H,7-8,14-15H2. The van der Waals surface area contributed by atoms with Crippen LogP contribution in [0, 0.1) is 0 Å². The molecule has 1 aromatic carbocycles. The summed E-state index contributed by atoms with van der Waals surface area (Å²) < 4.78 is 0. The smallest absolute Gasteiger partial charge is 0.208 e. The molecule has 0 spiro atoms. The fourth-order valence-corrected chi connectivity index (χ4v) is 2.37. The number of rotatable bonds is 5. The summed E-state index contributed by atoms with van der Waals surface area (Å²) in [5.74, 6) is -0.108. The summed E-state index contributed by atoms with van der Waals surface area (Å²) in [6.45, 7) is 0.490. The molecule has 0 aliphatic carbocycles. The SMILES string of the molecule is NCc1cccc(CC(N)C(=O)c2nccs2)c1. The van der Waals surface area contributed by atoms with Gasteiger partial charge in [0.05, 0.1) is 6.04 Å². The first-order chi connectivity index (χ1) is 8.70. The molecule has 0 aliphatic heterocycles. The van der Waals surface area contributed by atoms with Crippen molar-refractivity contribution >= 4 is 17.1 Å². The Kier molecular flexibility index (Phi) is 4.19. The number of benzene rings is 1. The van der Waals surface area contributed by atoms with E-state index in [1.807, 2.05) is 24.3 Å². The molecule has 0 saturated heterocycles. The number of carbonyl (C=O) groups is 1. The number of hydrogen-bond acceptors (Lipinski definition) is 5. The van der Waals surface area contributed by atoms with Crippen molar-refractivity contribution in [2.75, 3.05) is 0 Å². The van der Waals surface area contributed by atoms with Crippen LogP contribution >= 0.6 is 11.3 Å². The highest BCUT2D eigenvalue weighted by atomic mass is 32.1. The molecular weight excluding hydrogens is 246 g/mol. The average Bonchev–Trinajstić information content (AvgIpc) is 2.92. The zero-order valence-corrected chi connectivity index (χ0v) is 10.7. The summed E-state index contributed by atoms with van der Waals surface area (Å²) >= 11 is 1.32. The highest BCUT2D eigenvalue weighted by Crippen LogP contribution is 2.11. The Bertz CT molecular complexity index is 525. The van der Waals surface area contributed by atoms with Gasteiger partial charge in [-0.15, -0.1) is 11.3 Å². The van der Waals surface area contributed by atoms with E-state index in [1.54, 1.807) is 11.6 Å². The molecule has 2 aromatic rings. The molecule has 0 bridgehead atoms. The molecule has 4 N–H and O–H groups in total. The maximum Gasteiger partial charge on any atom is 0.208 e. The second kappa shape index (κ2) is 5.86. The molecule has 0 radical (unpaired) electrons. The Morgan fingerprint density at radius 3 is 2.83 bits per heavy atom. The Morgan fingerprint density at radius 2 is 2.17 bits per heavy atom. The lowest BCUT2D eigenvalue weighted by Crippen LogP contribution is -2.32. The van der Waals surface area contributed by atoms with Gasteiger partial charge >= 0.3 is 0 Å². The van der Waals surface area contributed by atoms with E-state index in [2.05, 4.69) is 4.98 Å². The molecule has 94 valence electrons. The molecule has 1 atom stereocenters. The van der Waals surface area contributed by atoms with Gasteiger partial charge < -0.3 is 11.5 Å². The van der Waals surface area contributed by atoms with Crippen LogP contribution < -0.4 is 11.5 Å². The van der Waals surface area contributed by atoms with Crippen LogP contribution in [-0.4, -0.2) is 16.8 Å². The van der Waals surface area contributed by atoms with Crippen LogP contribution in [0.4, 0.5) is 0 Å². The van der Waals surface area contributed by atoms with Crippen LogP contribution in [0.2, 0.25) is 0 Å². The minimum atomic E-state index is -0.552.